The van der Waals surface area contributed by atoms with Gasteiger partial charge in [0.1, 0.15) is 18.0 Å². The van der Waals surface area contributed by atoms with E-state index in [0.29, 0.717) is 0 Å². The molecule has 1 aliphatic heterocycles. The van der Waals surface area contributed by atoms with E-state index < -0.39 is 6.10 Å². The number of ether oxygens (including phenoxy) is 1. The maximum absolute atomic E-state index is 9.94. The zero-order valence-corrected chi connectivity index (χ0v) is 8.47. The van der Waals surface area contributed by atoms with Gasteiger partial charge in [0.25, 0.3) is 0 Å². The largest absolute Gasteiger partial charge is 0.486 e. The van der Waals surface area contributed by atoms with E-state index >= 15 is 0 Å². The van der Waals surface area contributed by atoms with E-state index in [2.05, 4.69) is 0 Å². The Balaban J connectivity index is 2.17. The number of likely N-dealkylation sites (N-methyl/N-ethyl adjacent to an activating group) is 1. The molecule has 0 fully saturated rings. The summed E-state index contributed by atoms with van der Waals surface area (Å²) in [6, 6.07) is 7.65. The van der Waals surface area contributed by atoms with Gasteiger partial charge in [-0.05, 0) is 20.2 Å². The number of hydrogen-bond donors (Lipinski definition) is 1. The highest BCUT2D eigenvalue weighted by atomic mass is 16.5. The molecule has 0 unspecified atom stereocenters. The summed E-state index contributed by atoms with van der Waals surface area (Å²) in [5.74, 6) is 0.812. The van der Waals surface area contributed by atoms with Crippen LogP contribution in [0.4, 0.5) is 0 Å². The highest BCUT2D eigenvalue weighted by Gasteiger charge is 2.32. The van der Waals surface area contributed by atoms with Gasteiger partial charge in [-0.1, -0.05) is 18.2 Å². The number of fused-ring (bicyclic) bond motifs is 1. The lowest BCUT2D eigenvalue weighted by Gasteiger charge is -2.18. The lowest BCUT2D eigenvalue weighted by atomic mass is 10.1. The summed E-state index contributed by atoms with van der Waals surface area (Å²) in [6.45, 7) is 0.732. The Kier molecular flexibility index (Phi) is 2.44. The number of aliphatic hydroxyl groups is 1. The fraction of sp³-hybridized carbons (Fsp3) is 0.455. The Bertz CT molecular complexity index is 325. The van der Waals surface area contributed by atoms with Gasteiger partial charge in [0.05, 0.1) is 0 Å². The third-order valence-electron chi connectivity index (χ3n) is 2.41. The Morgan fingerprint density at radius 3 is 2.71 bits per heavy atom. The van der Waals surface area contributed by atoms with Crippen molar-refractivity contribution in [1.82, 2.24) is 4.90 Å². The minimum absolute atomic E-state index is 0.137. The number of aliphatic hydroxyl groups excluding tert-OH is 1. The van der Waals surface area contributed by atoms with Crippen molar-refractivity contribution in [2.24, 2.45) is 0 Å². The van der Waals surface area contributed by atoms with Gasteiger partial charge in [0.2, 0.25) is 0 Å². The first-order valence-electron chi connectivity index (χ1n) is 4.77. The Hall–Kier alpha value is -1.06. The molecule has 0 bridgehead atoms. The van der Waals surface area contributed by atoms with Crippen molar-refractivity contribution in [3.8, 4) is 5.75 Å². The molecule has 1 aromatic rings. The van der Waals surface area contributed by atoms with Crippen LogP contribution in [0.1, 0.15) is 11.7 Å². The van der Waals surface area contributed by atoms with Gasteiger partial charge in [0, 0.05) is 12.1 Å². The highest BCUT2D eigenvalue weighted by molar-refractivity contribution is 5.39. The minimum Gasteiger partial charge on any atom is -0.486 e. The molecular weight excluding hydrogens is 178 g/mol. The molecule has 2 atom stereocenters. The number of rotatable bonds is 2. The smallest absolute Gasteiger partial charge is 0.141 e. The summed E-state index contributed by atoms with van der Waals surface area (Å²) in [5.41, 5.74) is 0.902. The van der Waals surface area contributed by atoms with Gasteiger partial charge in [0.15, 0.2) is 0 Å². The first kappa shape index (κ1) is 9.49. The molecule has 1 heterocycles. The molecule has 0 aliphatic carbocycles. The maximum atomic E-state index is 9.94. The maximum Gasteiger partial charge on any atom is 0.141 e. The van der Waals surface area contributed by atoms with Crippen LogP contribution in [0.15, 0.2) is 24.3 Å². The molecule has 2 rings (SSSR count). The molecule has 0 saturated carbocycles. The van der Waals surface area contributed by atoms with Crippen molar-refractivity contribution in [1.29, 1.82) is 0 Å². The summed E-state index contributed by atoms with van der Waals surface area (Å²) >= 11 is 0. The van der Waals surface area contributed by atoms with Gasteiger partial charge >= 0.3 is 0 Å². The van der Waals surface area contributed by atoms with E-state index in [1.165, 1.54) is 0 Å². The van der Waals surface area contributed by atoms with Crippen LogP contribution in [0.3, 0.4) is 0 Å². The molecule has 0 amide bonds. The number of hydrogen-bond acceptors (Lipinski definition) is 3. The quantitative estimate of drug-likeness (QED) is 0.761. The second-order valence-electron chi connectivity index (χ2n) is 3.90. The average molecular weight is 193 g/mol. The van der Waals surface area contributed by atoms with Crippen LogP contribution >= 0.6 is 0 Å². The zero-order chi connectivity index (χ0) is 10.1. The molecule has 0 saturated heterocycles. The predicted octanol–water partition coefficient (Wildman–Crippen LogP) is 1.04. The third-order valence-corrected chi connectivity index (χ3v) is 2.41. The van der Waals surface area contributed by atoms with Crippen molar-refractivity contribution in [3.05, 3.63) is 29.8 Å². The number of nitrogens with zero attached hydrogens (tertiary/aromatic N) is 1. The van der Waals surface area contributed by atoms with E-state index in [1.807, 2.05) is 43.3 Å². The molecule has 0 spiro atoms. The van der Waals surface area contributed by atoms with Crippen molar-refractivity contribution < 1.29 is 9.84 Å². The van der Waals surface area contributed by atoms with Crippen molar-refractivity contribution in [3.63, 3.8) is 0 Å². The standard InChI is InChI=1S/C11H15NO2/c1-12(2)7-10-11(13)8-5-3-4-6-9(8)14-10/h3-6,10-11,13H,7H2,1-2H3/t10-,11-/m1/s1. The van der Waals surface area contributed by atoms with Crippen molar-refractivity contribution in [2.75, 3.05) is 20.6 Å². The number of para-hydroxylation sites is 1. The van der Waals surface area contributed by atoms with Gasteiger partial charge in [-0.15, -0.1) is 0 Å². The van der Waals surface area contributed by atoms with Gasteiger partial charge in [-0.2, -0.15) is 0 Å². The van der Waals surface area contributed by atoms with Crippen LogP contribution in [0.2, 0.25) is 0 Å². The van der Waals surface area contributed by atoms with E-state index in [4.69, 9.17) is 4.74 Å². The van der Waals surface area contributed by atoms with Crippen LogP contribution in [-0.2, 0) is 0 Å². The van der Waals surface area contributed by atoms with Gasteiger partial charge in [-0.3, -0.25) is 0 Å². The van der Waals surface area contributed by atoms with E-state index in [-0.39, 0.29) is 6.10 Å². The first-order valence-corrected chi connectivity index (χ1v) is 4.77. The second-order valence-corrected chi connectivity index (χ2v) is 3.90. The SMILES string of the molecule is CN(C)C[C@H]1Oc2ccccc2[C@H]1O. The fourth-order valence-electron chi connectivity index (χ4n) is 1.76. The summed E-state index contributed by atoms with van der Waals surface area (Å²) < 4.78 is 5.64. The molecule has 3 heteroatoms. The Morgan fingerprint density at radius 1 is 1.36 bits per heavy atom. The van der Waals surface area contributed by atoms with Crippen molar-refractivity contribution in [2.45, 2.75) is 12.2 Å². The molecule has 0 radical (unpaired) electrons. The molecule has 76 valence electrons. The molecule has 1 aliphatic rings. The summed E-state index contributed by atoms with van der Waals surface area (Å²) in [5, 5.41) is 9.94. The minimum atomic E-state index is -0.492. The fourth-order valence-corrected chi connectivity index (χ4v) is 1.76. The summed E-state index contributed by atoms with van der Waals surface area (Å²) in [6.07, 6.45) is -0.629. The molecule has 3 nitrogen and oxygen atoms in total. The van der Waals surface area contributed by atoms with Crippen molar-refractivity contribution >= 4 is 0 Å². The monoisotopic (exact) mass is 193 g/mol. The first-order chi connectivity index (χ1) is 6.68. The summed E-state index contributed by atoms with van der Waals surface area (Å²) in [4.78, 5) is 2.01. The summed E-state index contributed by atoms with van der Waals surface area (Å²) in [7, 11) is 3.94. The Morgan fingerprint density at radius 2 is 2.07 bits per heavy atom. The van der Waals surface area contributed by atoms with Gasteiger partial charge in [-0.25, -0.2) is 0 Å². The van der Waals surface area contributed by atoms with E-state index in [9.17, 15) is 5.11 Å². The van der Waals surface area contributed by atoms with Crippen LogP contribution < -0.4 is 4.74 Å². The van der Waals surface area contributed by atoms with E-state index in [1.54, 1.807) is 0 Å². The Labute approximate surface area is 83.9 Å². The van der Waals surface area contributed by atoms with Crippen LogP contribution in [0, 0.1) is 0 Å². The molecule has 14 heavy (non-hydrogen) atoms. The molecule has 1 aromatic carbocycles. The lowest BCUT2D eigenvalue weighted by molar-refractivity contribution is 0.0504. The number of benzene rings is 1. The predicted molar refractivity (Wildman–Crippen MR) is 54.4 cm³/mol. The zero-order valence-electron chi connectivity index (χ0n) is 8.47. The van der Waals surface area contributed by atoms with Gasteiger partial charge < -0.3 is 14.7 Å². The van der Waals surface area contributed by atoms with E-state index in [0.717, 1.165) is 17.9 Å². The van der Waals surface area contributed by atoms with Crippen LogP contribution in [-0.4, -0.2) is 36.8 Å². The molecule has 1 N–H and O–H groups in total. The van der Waals surface area contributed by atoms with Crippen LogP contribution in [0.5, 0.6) is 5.75 Å². The van der Waals surface area contributed by atoms with Crippen LogP contribution in [0.25, 0.3) is 0 Å². The second kappa shape index (κ2) is 3.59. The highest BCUT2D eigenvalue weighted by Crippen LogP contribution is 2.36. The normalized spacial score (nSPS) is 24.9. The average Bonchev–Trinajstić information content (AvgIpc) is 2.44. The third kappa shape index (κ3) is 1.61. The molecular formula is C11H15NO2. The molecule has 0 aromatic heterocycles. The lowest BCUT2D eigenvalue weighted by Crippen LogP contribution is -2.31. The topological polar surface area (TPSA) is 32.7 Å².